The van der Waals surface area contributed by atoms with Crippen LogP contribution >= 0.6 is 51.3 Å². The highest BCUT2D eigenvalue weighted by Crippen LogP contribution is 2.36. The molecule has 9 heteroatoms. The number of carbonyl (C=O) groups is 1. The molecule has 3 aromatic rings. The van der Waals surface area contributed by atoms with Gasteiger partial charge in [0, 0.05) is 36.2 Å². The first-order chi connectivity index (χ1) is 14.0. The Morgan fingerprint density at radius 3 is 2.60 bits per heavy atom. The highest BCUT2D eigenvalue weighted by Gasteiger charge is 2.23. The smallest absolute Gasteiger partial charge is 0.260 e. The summed E-state index contributed by atoms with van der Waals surface area (Å²) in [5.41, 5.74) is 2.55. The number of aromatic nitrogens is 1. The van der Waals surface area contributed by atoms with Crippen LogP contribution in [0.25, 0.3) is 10.2 Å². The molecule has 2 heterocycles. The molecule has 1 amide bonds. The SMILES string of the molecule is Cc1ccc(Cl)c2sc(N(CCN3CCOCC3)C(=O)c3ccc(Br)cc3)nc12.Cl. The van der Waals surface area contributed by atoms with Crippen LogP contribution in [0.15, 0.2) is 40.9 Å². The molecule has 5 nitrogen and oxygen atoms in total. The van der Waals surface area contributed by atoms with Crippen molar-refractivity contribution in [2.75, 3.05) is 44.3 Å². The van der Waals surface area contributed by atoms with Crippen molar-refractivity contribution in [3.05, 3.63) is 57.0 Å². The molecule has 0 aliphatic carbocycles. The first-order valence-corrected chi connectivity index (χ1v) is 11.4. The third-order valence-electron chi connectivity index (χ3n) is 5.00. The lowest BCUT2D eigenvalue weighted by molar-refractivity contribution is 0.0391. The summed E-state index contributed by atoms with van der Waals surface area (Å²) in [5.74, 6) is -0.0569. The van der Waals surface area contributed by atoms with Crippen LogP contribution in [-0.2, 0) is 4.74 Å². The van der Waals surface area contributed by atoms with E-state index in [0.717, 1.165) is 53.1 Å². The van der Waals surface area contributed by atoms with Crippen LogP contribution in [0.1, 0.15) is 15.9 Å². The Morgan fingerprint density at radius 2 is 1.93 bits per heavy atom. The second-order valence-electron chi connectivity index (χ2n) is 6.96. The highest BCUT2D eigenvalue weighted by atomic mass is 79.9. The van der Waals surface area contributed by atoms with Crippen molar-refractivity contribution in [2.24, 2.45) is 0 Å². The number of hydrogen-bond donors (Lipinski definition) is 0. The molecule has 2 aromatic carbocycles. The van der Waals surface area contributed by atoms with Crippen molar-refractivity contribution in [3.8, 4) is 0 Å². The molecule has 160 valence electrons. The summed E-state index contributed by atoms with van der Waals surface area (Å²) in [6.07, 6.45) is 0. The maximum atomic E-state index is 13.4. The normalized spacial score (nSPS) is 14.5. The average molecular weight is 531 g/mol. The van der Waals surface area contributed by atoms with Crippen molar-refractivity contribution in [1.82, 2.24) is 9.88 Å². The summed E-state index contributed by atoms with van der Waals surface area (Å²) < 4.78 is 7.29. The van der Waals surface area contributed by atoms with E-state index in [9.17, 15) is 4.79 Å². The molecule has 1 aromatic heterocycles. The molecule has 0 saturated carbocycles. The van der Waals surface area contributed by atoms with E-state index in [0.29, 0.717) is 22.3 Å². The number of benzene rings is 2. The van der Waals surface area contributed by atoms with E-state index in [1.54, 1.807) is 4.90 Å². The van der Waals surface area contributed by atoms with E-state index in [4.69, 9.17) is 21.3 Å². The minimum Gasteiger partial charge on any atom is -0.379 e. The Kier molecular flexibility index (Phi) is 8.12. The van der Waals surface area contributed by atoms with Gasteiger partial charge in [-0.3, -0.25) is 14.6 Å². The van der Waals surface area contributed by atoms with Gasteiger partial charge >= 0.3 is 0 Å². The van der Waals surface area contributed by atoms with Gasteiger partial charge in [0.1, 0.15) is 0 Å². The molecule has 30 heavy (non-hydrogen) atoms. The second kappa shape index (κ2) is 10.4. The second-order valence-corrected chi connectivity index (χ2v) is 9.26. The largest absolute Gasteiger partial charge is 0.379 e. The number of anilines is 1. The Bertz CT molecular complexity index is 984. The number of thiazole rings is 1. The van der Waals surface area contributed by atoms with Gasteiger partial charge in [-0.05, 0) is 42.8 Å². The number of rotatable bonds is 5. The van der Waals surface area contributed by atoms with Crippen LogP contribution in [0.5, 0.6) is 0 Å². The summed E-state index contributed by atoms with van der Waals surface area (Å²) in [4.78, 5) is 22.3. The lowest BCUT2D eigenvalue weighted by atomic mass is 10.2. The highest BCUT2D eigenvalue weighted by molar-refractivity contribution is 9.10. The predicted octanol–water partition coefficient (Wildman–Crippen LogP) is 5.42. The minimum atomic E-state index is -0.0569. The van der Waals surface area contributed by atoms with Gasteiger partial charge in [-0.25, -0.2) is 4.98 Å². The quantitative estimate of drug-likeness (QED) is 0.441. The van der Waals surface area contributed by atoms with Crippen molar-refractivity contribution in [2.45, 2.75) is 6.92 Å². The van der Waals surface area contributed by atoms with Gasteiger partial charge in [-0.2, -0.15) is 0 Å². The van der Waals surface area contributed by atoms with Crippen molar-refractivity contribution < 1.29 is 9.53 Å². The van der Waals surface area contributed by atoms with Crippen LogP contribution in [0.2, 0.25) is 5.02 Å². The van der Waals surface area contributed by atoms with Gasteiger partial charge < -0.3 is 4.74 Å². The van der Waals surface area contributed by atoms with E-state index >= 15 is 0 Å². The molecular formula is C21H22BrCl2N3O2S. The molecule has 1 aliphatic rings. The molecule has 0 bridgehead atoms. The topological polar surface area (TPSA) is 45.7 Å². The lowest BCUT2D eigenvalue weighted by Gasteiger charge is -2.29. The van der Waals surface area contributed by atoms with Gasteiger partial charge in [0.15, 0.2) is 5.13 Å². The third-order valence-corrected chi connectivity index (χ3v) is 7.06. The molecule has 1 aliphatic heterocycles. The Balaban J connectivity index is 0.00000256. The van der Waals surface area contributed by atoms with E-state index < -0.39 is 0 Å². The van der Waals surface area contributed by atoms with E-state index in [-0.39, 0.29) is 18.3 Å². The number of hydrogen-bond acceptors (Lipinski definition) is 5. The Morgan fingerprint density at radius 1 is 1.23 bits per heavy atom. The van der Waals surface area contributed by atoms with Gasteiger partial charge in [-0.1, -0.05) is 44.9 Å². The summed E-state index contributed by atoms with van der Waals surface area (Å²) in [5, 5.41) is 1.34. The Labute approximate surface area is 199 Å². The first kappa shape index (κ1) is 23.4. The number of halogens is 3. The van der Waals surface area contributed by atoms with Crippen LogP contribution in [0, 0.1) is 6.92 Å². The van der Waals surface area contributed by atoms with Crippen LogP contribution in [0.3, 0.4) is 0 Å². The van der Waals surface area contributed by atoms with Gasteiger partial charge in [0.05, 0.1) is 28.5 Å². The predicted molar refractivity (Wildman–Crippen MR) is 130 cm³/mol. The number of carbonyl (C=O) groups excluding carboxylic acids is 1. The fourth-order valence-electron chi connectivity index (χ4n) is 3.30. The third kappa shape index (κ3) is 5.15. The first-order valence-electron chi connectivity index (χ1n) is 9.46. The number of morpholine rings is 1. The maximum Gasteiger partial charge on any atom is 0.260 e. The zero-order valence-electron chi connectivity index (χ0n) is 16.4. The molecular weight excluding hydrogens is 509 g/mol. The summed E-state index contributed by atoms with van der Waals surface area (Å²) in [6.45, 7) is 6.57. The fraction of sp³-hybridized carbons (Fsp3) is 0.333. The number of aryl methyl sites for hydroxylation is 1. The minimum absolute atomic E-state index is 0. The number of ether oxygens (including phenoxy) is 1. The van der Waals surface area contributed by atoms with E-state index in [1.807, 2.05) is 43.3 Å². The molecule has 1 fully saturated rings. The van der Waals surface area contributed by atoms with Gasteiger partial charge in [0.2, 0.25) is 0 Å². The number of fused-ring (bicyclic) bond motifs is 1. The van der Waals surface area contributed by atoms with Crippen LogP contribution in [-0.4, -0.2) is 55.2 Å². The molecule has 0 atom stereocenters. The molecule has 0 N–H and O–H groups in total. The Hall–Kier alpha value is -1.22. The zero-order chi connectivity index (χ0) is 20.4. The van der Waals surface area contributed by atoms with Crippen LogP contribution < -0.4 is 4.90 Å². The maximum absolute atomic E-state index is 13.4. The lowest BCUT2D eigenvalue weighted by Crippen LogP contribution is -2.43. The standard InChI is InChI=1S/C21H21BrClN3O2S.ClH/c1-14-2-7-17(23)19-18(14)24-21(29-19)26(9-8-25-10-12-28-13-11-25)20(27)15-3-5-16(22)6-4-15;/h2-7H,8-13H2,1H3;1H. The zero-order valence-corrected chi connectivity index (χ0v) is 20.4. The van der Waals surface area contributed by atoms with Crippen molar-refractivity contribution in [1.29, 1.82) is 0 Å². The van der Waals surface area contributed by atoms with E-state index in [1.165, 1.54) is 11.3 Å². The molecule has 0 spiro atoms. The van der Waals surface area contributed by atoms with Gasteiger partial charge in [-0.15, -0.1) is 12.4 Å². The van der Waals surface area contributed by atoms with Crippen molar-refractivity contribution in [3.63, 3.8) is 0 Å². The summed E-state index contributed by atoms with van der Waals surface area (Å²) >= 11 is 11.3. The fourth-order valence-corrected chi connectivity index (χ4v) is 4.91. The monoisotopic (exact) mass is 529 g/mol. The summed E-state index contributed by atoms with van der Waals surface area (Å²) in [7, 11) is 0. The molecule has 4 rings (SSSR count). The van der Waals surface area contributed by atoms with Gasteiger partial charge in [0.25, 0.3) is 5.91 Å². The van der Waals surface area contributed by atoms with E-state index in [2.05, 4.69) is 20.8 Å². The average Bonchev–Trinajstić information content (AvgIpc) is 3.19. The van der Waals surface area contributed by atoms with Crippen molar-refractivity contribution >= 4 is 72.5 Å². The summed E-state index contributed by atoms with van der Waals surface area (Å²) in [6, 6.07) is 11.3. The molecule has 0 radical (unpaired) electrons. The molecule has 1 saturated heterocycles. The molecule has 0 unspecified atom stereocenters. The number of amides is 1. The van der Waals surface area contributed by atoms with Crippen LogP contribution in [0.4, 0.5) is 5.13 Å². The number of nitrogens with zero attached hydrogens (tertiary/aromatic N) is 3.